The molecule has 82 valence electrons. The van der Waals surface area contributed by atoms with Crippen molar-refractivity contribution in [3.8, 4) is 0 Å². The van der Waals surface area contributed by atoms with Gasteiger partial charge in [-0.15, -0.1) is 11.8 Å². The van der Waals surface area contributed by atoms with Gasteiger partial charge in [-0.25, -0.2) is 4.79 Å². The summed E-state index contributed by atoms with van der Waals surface area (Å²) in [7, 11) is 1.45. The number of rotatable bonds is 5. The fraction of sp³-hybridized carbons (Fsp3) is 0.750. The van der Waals surface area contributed by atoms with Gasteiger partial charge in [-0.3, -0.25) is 10.1 Å². The lowest BCUT2D eigenvalue weighted by Crippen LogP contribution is -2.38. The van der Waals surface area contributed by atoms with Gasteiger partial charge in [-0.2, -0.15) is 0 Å². The highest BCUT2D eigenvalue weighted by Crippen LogP contribution is 2.12. The minimum Gasteiger partial charge on any atom is -0.396 e. The van der Waals surface area contributed by atoms with E-state index < -0.39 is 6.03 Å². The van der Waals surface area contributed by atoms with Crippen LogP contribution < -0.4 is 10.6 Å². The number of imide groups is 1. The molecule has 0 aliphatic rings. The molecular weight excluding hydrogens is 204 g/mol. The van der Waals surface area contributed by atoms with Crippen LogP contribution in [0.15, 0.2) is 0 Å². The van der Waals surface area contributed by atoms with Crippen molar-refractivity contribution in [2.75, 3.05) is 19.4 Å². The zero-order valence-electron chi connectivity index (χ0n) is 8.37. The standard InChI is InChI=1S/C8H16N2O3S/c1-6(3-4-11)14-5-7(12)10-8(13)9-2/h6,11H,3-5H2,1-2H3,(H2,9,10,12,13). The van der Waals surface area contributed by atoms with Crippen LogP contribution in [0.4, 0.5) is 4.79 Å². The molecule has 0 aromatic carbocycles. The summed E-state index contributed by atoms with van der Waals surface area (Å²) in [5.74, 6) is -0.0895. The van der Waals surface area contributed by atoms with Crippen LogP contribution in [0.5, 0.6) is 0 Å². The van der Waals surface area contributed by atoms with Crippen molar-refractivity contribution in [3.05, 3.63) is 0 Å². The number of aliphatic hydroxyl groups excluding tert-OH is 1. The summed E-state index contributed by atoms with van der Waals surface area (Å²) in [4.78, 5) is 21.8. The predicted octanol–water partition coefficient (Wildman–Crippen LogP) is -0.0539. The van der Waals surface area contributed by atoms with E-state index in [2.05, 4.69) is 10.6 Å². The molecule has 5 nitrogen and oxygen atoms in total. The third-order valence-corrected chi connectivity index (χ3v) is 2.75. The fourth-order valence-electron chi connectivity index (χ4n) is 0.708. The van der Waals surface area contributed by atoms with Gasteiger partial charge >= 0.3 is 6.03 Å². The fourth-order valence-corrected chi connectivity index (χ4v) is 1.49. The van der Waals surface area contributed by atoms with Crippen molar-refractivity contribution < 1.29 is 14.7 Å². The van der Waals surface area contributed by atoms with E-state index in [1.54, 1.807) is 0 Å². The molecule has 3 N–H and O–H groups in total. The molecule has 1 unspecified atom stereocenters. The lowest BCUT2D eigenvalue weighted by atomic mass is 10.3. The molecule has 1 atom stereocenters. The van der Waals surface area contributed by atoms with Crippen LogP contribution in [0.1, 0.15) is 13.3 Å². The summed E-state index contributed by atoms with van der Waals surface area (Å²) < 4.78 is 0. The van der Waals surface area contributed by atoms with E-state index in [9.17, 15) is 9.59 Å². The second kappa shape index (κ2) is 7.64. The molecule has 0 saturated carbocycles. The van der Waals surface area contributed by atoms with Crippen LogP contribution >= 0.6 is 11.8 Å². The van der Waals surface area contributed by atoms with Gasteiger partial charge in [-0.1, -0.05) is 6.92 Å². The molecule has 0 aromatic rings. The number of aliphatic hydroxyl groups is 1. The first-order chi connectivity index (χ1) is 6.60. The van der Waals surface area contributed by atoms with Gasteiger partial charge in [0.2, 0.25) is 5.91 Å². The third-order valence-electron chi connectivity index (χ3n) is 1.51. The molecule has 14 heavy (non-hydrogen) atoms. The summed E-state index contributed by atoms with van der Waals surface area (Å²) >= 11 is 1.41. The minimum atomic E-state index is -0.495. The van der Waals surface area contributed by atoms with Gasteiger partial charge in [0.15, 0.2) is 0 Å². The Labute approximate surface area is 87.6 Å². The Balaban J connectivity index is 3.58. The van der Waals surface area contributed by atoms with Crippen LogP contribution in [0.2, 0.25) is 0 Å². The molecule has 0 rings (SSSR count). The second-order valence-corrected chi connectivity index (χ2v) is 4.19. The van der Waals surface area contributed by atoms with Crippen LogP contribution in [0.25, 0.3) is 0 Å². The summed E-state index contributed by atoms with van der Waals surface area (Å²) in [6.07, 6.45) is 0.651. The van der Waals surface area contributed by atoms with Gasteiger partial charge in [0.1, 0.15) is 0 Å². The van der Waals surface area contributed by atoms with E-state index >= 15 is 0 Å². The normalized spacial score (nSPS) is 11.9. The van der Waals surface area contributed by atoms with Gasteiger partial charge in [0.05, 0.1) is 5.75 Å². The molecule has 0 saturated heterocycles. The molecule has 0 spiro atoms. The molecule has 3 amide bonds. The molecule has 0 bridgehead atoms. The summed E-state index contributed by atoms with van der Waals surface area (Å²) in [6.45, 7) is 2.04. The zero-order valence-corrected chi connectivity index (χ0v) is 9.19. The minimum absolute atomic E-state index is 0.116. The Morgan fingerprint density at radius 3 is 2.64 bits per heavy atom. The maximum Gasteiger partial charge on any atom is 0.321 e. The molecule has 0 heterocycles. The van der Waals surface area contributed by atoms with Crippen molar-refractivity contribution in [2.24, 2.45) is 0 Å². The molecule has 0 aromatic heterocycles. The van der Waals surface area contributed by atoms with Crippen molar-refractivity contribution >= 4 is 23.7 Å². The number of carbonyl (C=O) groups excluding carboxylic acids is 2. The van der Waals surface area contributed by atoms with E-state index in [-0.39, 0.29) is 23.5 Å². The number of carbonyl (C=O) groups is 2. The Kier molecular flexibility index (Phi) is 7.23. The van der Waals surface area contributed by atoms with E-state index in [0.29, 0.717) is 6.42 Å². The molecule has 0 aliphatic carbocycles. The topological polar surface area (TPSA) is 78.4 Å². The number of thioether (sulfide) groups is 1. The molecule has 6 heteroatoms. The highest BCUT2D eigenvalue weighted by molar-refractivity contribution is 8.00. The summed E-state index contributed by atoms with van der Waals surface area (Å²) in [6, 6.07) is -0.495. The summed E-state index contributed by atoms with van der Waals surface area (Å²) in [5.41, 5.74) is 0. The van der Waals surface area contributed by atoms with Crippen LogP contribution in [0.3, 0.4) is 0 Å². The monoisotopic (exact) mass is 220 g/mol. The van der Waals surface area contributed by atoms with Gasteiger partial charge < -0.3 is 10.4 Å². The SMILES string of the molecule is CNC(=O)NC(=O)CSC(C)CCO. The number of nitrogens with one attached hydrogen (secondary N) is 2. The molecular formula is C8H16N2O3S. The first-order valence-corrected chi connectivity index (χ1v) is 5.39. The van der Waals surface area contributed by atoms with E-state index in [0.717, 1.165) is 0 Å². The number of amides is 3. The molecule has 0 fully saturated rings. The Hall–Kier alpha value is -0.750. The molecule has 0 aliphatic heterocycles. The highest BCUT2D eigenvalue weighted by Gasteiger charge is 2.08. The van der Waals surface area contributed by atoms with Crippen LogP contribution in [-0.4, -0.2) is 41.7 Å². The third kappa shape index (κ3) is 6.73. The second-order valence-electron chi connectivity index (χ2n) is 2.76. The smallest absolute Gasteiger partial charge is 0.321 e. The number of urea groups is 1. The lowest BCUT2D eigenvalue weighted by Gasteiger charge is -2.08. The van der Waals surface area contributed by atoms with E-state index in [4.69, 9.17) is 5.11 Å². The van der Waals surface area contributed by atoms with Gasteiger partial charge in [-0.05, 0) is 6.42 Å². The Morgan fingerprint density at radius 1 is 1.50 bits per heavy atom. The number of hydrogen-bond donors (Lipinski definition) is 3. The van der Waals surface area contributed by atoms with E-state index in [1.807, 2.05) is 6.92 Å². The van der Waals surface area contributed by atoms with Crippen molar-refractivity contribution in [1.82, 2.24) is 10.6 Å². The average Bonchev–Trinajstić information content (AvgIpc) is 2.15. The average molecular weight is 220 g/mol. The van der Waals surface area contributed by atoms with Crippen molar-refractivity contribution in [2.45, 2.75) is 18.6 Å². The van der Waals surface area contributed by atoms with E-state index in [1.165, 1.54) is 18.8 Å². The first kappa shape index (κ1) is 13.2. The largest absolute Gasteiger partial charge is 0.396 e. The predicted molar refractivity (Wildman–Crippen MR) is 56.2 cm³/mol. The van der Waals surface area contributed by atoms with Gasteiger partial charge in [0.25, 0.3) is 0 Å². The zero-order chi connectivity index (χ0) is 11.0. The Morgan fingerprint density at radius 2 is 2.14 bits per heavy atom. The van der Waals surface area contributed by atoms with Crippen LogP contribution in [-0.2, 0) is 4.79 Å². The van der Waals surface area contributed by atoms with Gasteiger partial charge in [0, 0.05) is 18.9 Å². The highest BCUT2D eigenvalue weighted by atomic mass is 32.2. The lowest BCUT2D eigenvalue weighted by molar-refractivity contribution is -0.117. The first-order valence-electron chi connectivity index (χ1n) is 4.34. The maximum absolute atomic E-state index is 11.1. The summed E-state index contributed by atoms with van der Waals surface area (Å²) in [5, 5.41) is 13.3. The van der Waals surface area contributed by atoms with Crippen molar-refractivity contribution in [1.29, 1.82) is 0 Å². The maximum atomic E-state index is 11.1. The van der Waals surface area contributed by atoms with Crippen molar-refractivity contribution in [3.63, 3.8) is 0 Å². The molecule has 0 radical (unpaired) electrons. The quantitative estimate of drug-likeness (QED) is 0.607. The Bertz CT molecular complexity index is 199. The number of hydrogen-bond acceptors (Lipinski definition) is 4. The van der Waals surface area contributed by atoms with Crippen LogP contribution in [0, 0.1) is 0 Å².